The molecule has 1 fully saturated rings. The summed E-state index contributed by atoms with van der Waals surface area (Å²) >= 11 is 6.36. The van der Waals surface area contributed by atoms with Crippen molar-refractivity contribution in [3.05, 3.63) is 76.2 Å². The third-order valence-corrected chi connectivity index (χ3v) is 8.59. The molecule has 0 unspecified atom stereocenters. The third-order valence-electron chi connectivity index (χ3n) is 7.29. The Morgan fingerprint density at radius 1 is 1.16 bits per heavy atom. The van der Waals surface area contributed by atoms with Gasteiger partial charge in [-0.2, -0.15) is 4.98 Å². The number of aromatic nitrogens is 5. The summed E-state index contributed by atoms with van der Waals surface area (Å²) in [6.07, 6.45) is 5.03. The first-order valence-electron chi connectivity index (χ1n) is 13.4. The van der Waals surface area contributed by atoms with Crippen molar-refractivity contribution >= 4 is 44.2 Å². The zero-order valence-corrected chi connectivity index (χ0v) is 25.5. The maximum atomic E-state index is 15.9. The molecule has 4 aromatic rings. The topological polar surface area (TPSA) is 131 Å². The number of nitrogens with zero attached hydrogens (tertiary/aromatic N) is 7. The zero-order chi connectivity index (χ0) is 31.2. The first-order valence-corrected chi connectivity index (χ1v) is 15.7. The van der Waals surface area contributed by atoms with Crippen LogP contribution in [0.3, 0.4) is 0 Å². The SMILES string of the molecule is C=CC(=O)N1CCN(c2nc(=O)n(-c3c(C(C)C)ccnc3S(C)(=O)=O)c3nc(-c4ncccc4Cl)c(F)cc23)[C@@H](C)C1. The number of fused-ring (bicyclic) bond motifs is 1. The summed E-state index contributed by atoms with van der Waals surface area (Å²) in [5.41, 5.74) is -0.582. The summed E-state index contributed by atoms with van der Waals surface area (Å²) in [4.78, 5) is 47.0. The van der Waals surface area contributed by atoms with Crippen LogP contribution in [0.2, 0.25) is 5.02 Å². The van der Waals surface area contributed by atoms with Gasteiger partial charge in [-0.15, -0.1) is 0 Å². The molecule has 1 atom stereocenters. The highest BCUT2D eigenvalue weighted by molar-refractivity contribution is 7.90. The standard InChI is InChI=1S/C29H29ClFN7O4S/c1-6-22(39)36-12-13-37(17(4)15-36)26-19-14-21(31)24(23-20(30)8-7-10-32-23)34-27(19)38(29(40)35-26)25-18(16(2)3)9-11-33-28(25)43(5,41)42/h6-11,14,16-17H,1,12-13,15H2,2-5H3/t17-/m0/s1. The van der Waals surface area contributed by atoms with E-state index in [1.54, 1.807) is 21.9 Å². The first-order chi connectivity index (χ1) is 20.3. The molecule has 43 heavy (non-hydrogen) atoms. The van der Waals surface area contributed by atoms with Crippen LogP contribution in [0.1, 0.15) is 32.3 Å². The van der Waals surface area contributed by atoms with Crippen molar-refractivity contribution in [3.8, 4) is 17.1 Å². The van der Waals surface area contributed by atoms with Crippen LogP contribution in [0.15, 0.2) is 59.1 Å². The Kier molecular flexibility index (Phi) is 8.05. The summed E-state index contributed by atoms with van der Waals surface area (Å²) in [6, 6.07) is 5.63. The van der Waals surface area contributed by atoms with Gasteiger partial charge in [-0.3, -0.25) is 9.78 Å². The lowest BCUT2D eigenvalue weighted by molar-refractivity contribution is -0.126. The van der Waals surface area contributed by atoms with Crippen LogP contribution in [-0.2, 0) is 14.6 Å². The second-order valence-electron chi connectivity index (χ2n) is 10.6. The van der Waals surface area contributed by atoms with Crippen LogP contribution in [0.4, 0.5) is 10.2 Å². The van der Waals surface area contributed by atoms with Gasteiger partial charge in [0.25, 0.3) is 0 Å². The number of carbonyl (C=O) groups excluding carboxylic acids is 1. The molecule has 224 valence electrons. The van der Waals surface area contributed by atoms with E-state index in [-0.39, 0.29) is 61.8 Å². The van der Waals surface area contributed by atoms with Crippen molar-refractivity contribution in [1.29, 1.82) is 0 Å². The fourth-order valence-corrected chi connectivity index (χ4v) is 6.29. The number of pyridine rings is 3. The second-order valence-corrected chi connectivity index (χ2v) is 12.9. The molecule has 0 spiro atoms. The van der Waals surface area contributed by atoms with Gasteiger partial charge < -0.3 is 9.80 Å². The Morgan fingerprint density at radius 3 is 2.53 bits per heavy atom. The normalized spacial score (nSPS) is 15.7. The van der Waals surface area contributed by atoms with Crippen LogP contribution < -0.4 is 10.6 Å². The van der Waals surface area contributed by atoms with Gasteiger partial charge in [0.1, 0.15) is 17.2 Å². The van der Waals surface area contributed by atoms with Gasteiger partial charge in [-0.1, -0.05) is 32.0 Å². The Labute approximate surface area is 252 Å². The van der Waals surface area contributed by atoms with Crippen molar-refractivity contribution in [1.82, 2.24) is 29.4 Å². The Hall–Kier alpha value is -4.23. The first kappa shape index (κ1) is 30.2. The molecule has 5 heterocycles. The third kappa shape index (κ3) is 5.50. The lowest BCUT2D eigenvalue weighted by Crippen LogP contribution is -2.54. The van der Waals surface area contributed by atoms with Crippen molar-refractivity contribution in [3.63, 3.8) is 0 Å². The summed E-state index contributed by atoms with van der Waals surface area (Å²) < 4.78 is 42.9. The minimum atomic E-state index is -3.95. The summed E-state index contributed by atoms with van der Waals surface area (Å²) in [6.45, 7) is 10.0. The van der Waals surface area contributed by atoms with Crippen LogP contribution in [0, 0.1) is 5.82 Å². The summed E-state index contributed by atoms with van der Waals surface area (Å²) in [7, 11) is -3.95. The van der Waals surface area contributed by atoms with E-state index in [9.17, 15) is 18.0 Å². The van der Waals surface area contributed by atoms with Crippen molar-refractivity contribution < 1.29 is 17.6 Å². The number of carbonyl (C=O) groups is 1. The van der Waals surface area contributed by atoms with E-state index in [1.807, 2.05) is 20.8 Å². The Bertz CT molecular complexity index is 1950. The second kappa shape index (κ2) is 11.5. The number of halogens is 2. The number of hydrogen-bond acceptors (Lipinski definition) is 9. The number of hydrogen-bond donors (Lipinski definition) is 0. The predicted molar refractivity (Wildman–Crippen MR) is 162 cm³/mol. The van der Waals surface area contributed by atoms with E-state index >= 15 is 4.39 Å². The van der Waals surface area contributed by atoms with Crippen molar-refractivity contribution in [2.75, 3.05) is 30.8 Å². The van der Waals surface area contributed by atoms with E-state index in [4.69, 9.17) is 11.6 Å². The molecule has 0 radical (unpaired) electrons. The Morgan fingerprint density at radius 2 is 1.91 bits per heavy atom. The molecule has 0 bridgehead atoms. The van der Waals surface area contributed by atoms with Gasteiger partial charge in [0.15, 0.2) is 26.3 Å². The minimum Gasteiger partial charge on any atom is -0.350 e. The molecule has 0 aliphatic carbocycles. The maximum absolute atomic E-state index is 15.9. The molecule has 5 rings (SSSR count). The molecule has 4 aromatic heterocycles. The fraction of sp³-hybridized carbons (Fsp3) is 0.310. The van der Waals surface area contributed by atoms with Crippen molar-refractivity contribution in [2.24, 2.45) is 0 Å². The number of piperazine rings is 1. The van der Waals surface area contributed by atoms with Crippen molar-refractivity contribution in [2.45, 2.75) is 37.8 Å². The van der Waals surface area contributed by atoms with Crippen LogP contribution in [0.25, 0.3) is 28.1 Å². The van der Waals surface area contributed by atoms with Crippen LogP contribution in [0.5, 0.6) is 0 Å². The maximum Gasteiger partial charge on any atom is 0.355 e. The van der Waals surface area contributed by atoms with Gasteiger partial charge in [0.05, 0.1) is 16.1 Å². The molecule has 14 heteroatoms. The molecular formula is C29H29ClFN7O4S. The smallest absolute Gasteiger partial charge is 0.350 e. The molecule has 0 saturated carbocycles. The Balaban J connectivity index is 1.88. The van der Waals surface area contributed by atoms with Crippen LogP contribution >= 0.6 is 11.6 Å². The average Bonchev–Trinajstić information content (AvgIpc) is 2.96. The number of amides is 1. The van der Waals surface area contributed by atoms with Gasteiger partial charge >= 0.3 is 5.69 Å². The number of anilines is 1. The molecule has 0 N–H and O–H groups in total. The lowest BCUT2D eigenvalue weighted by atomic mass is 10.0. The monoisotopic (exact) mass is 625 g/mol. The molecule has 1 amide bonds. The molecule has 0 aromatic carbocycles. The average molecular weight is 626 g/mol. The van der Waals surface area contributed by atoms with Gasteiger partial charge in [-0.05, 0) is 48.7 Å². The number of rotatable bonds is 6. The largest absolute Gasteiger partial charge is 0.355 e. The van der Waals surface area contributed by atoms with E-state index in [0.717, 1.165) is 10.8 Å². The quantitative estimate of drug-likeness (QED) is 0.294. The highest BCUT2D eigenvalue weighted by Crippen LogP contribution is 2.35. The zero-order valence-electron chi connectivity index (χ0n) is 24.0. The van der Waals surface area contributed by atoms with E-state index in [2.05, 4.69) is 26.5 Å². The molecule has 11 nitrogen and oxygen atoms in total. The molecule has 1 aliphatic heterocycles. The molecular weight excluding hydrogens is 597 g/mol. The van der Waals surface area contributed by atoms with Gasteiger partial charge in [0, 0.05) is 44.3 Å². The summed E-state index contributed by atoms with van der Waals surface area (Å²) in [5, 5.41) is -0.0551. The van der Waals surface area contributed by atoms with Gasteiger partial charge in [-0.25, -0.2) is 32.1 Å². The van der Waals surface area contributed by atoms with Gasteiger partial charge in [0.2, 0.25) is 5.91 Å². The van der Waals surface area contributed by atoms with E-state index in [0.29, 0.717) is 25.2 Å². The van der Waals surface area contributed by atoms with Crippen LogP contribution in [-0.4, -0.2) is 75.7 Å². The lowest BCUT2D eigenvalue weighted by Gasteiger charge is -2.40. The summed E-state index contributed by atoms with van der Waals surface area (Å²) in [5.74, 6) is -1.08. The predicted octanol–water partition coefficient (Wildman–Crippen LogP) is 3.78. The number of sulfone groups is 1. The highest BCUT2D eigenvalue weighted by Gasteiger charge is 2.32. The minimum absolute atomic E-state index is 0.0133. The molecule has 1 saturated heterocycles. The molecule has 1 aliphatic rings. The van der Waals surface area contributed by atoms with E-state index in [1.165, 1.54) is 30.6 Å². The highest BCUT2D eigenvalue weighted by atomic mass is 35.5. The van der Waals surface area contributed by atoms with E-state index < -0.39 is 21.3 Å². The fourth-order valence-electron chi connectivity index (χ4n) is 5.26.